The second kappa shape index (κ2) is 6.62. The first-order valence-electron chi connectivity index (χ1n) is 5.42. The zero-order valence-electron chi connectivity index (χ0n) is 10.4. The SMILES string of the molecule is CNC(CCc1ccnn1C)C(OC)OC. The molecule has 92 valence electrons. The van der Waals surface area contributed by atoms with Gasteiger partial charge in [0.15, 0.2) is 6.29 Å². The predicted molar refractivity (Wildman–Crippen MR) is 62.2 cm³/mol. The average molecular weight is 227 g/mol. The molecule has 1 heterocycles. The third kappa shape index (κ3) is 3.30. The van der Waals surface area contributed by atoms with Gasteiger partial charge in [-0.25, -0.2) is 0 Å². The lowest BCUT2D eigenvalue weighted by atomic mass is 10.1. The lowest BCUT2D eigenvalue weighted by Gasteiger charge is -2.24. The average Bonchev–Trinajstić information content (AvgIpc) is 2.70. The summed E-state index contributed by atoms with van der Waals surface area (Å²) >= 11 is 0. The number of aryl methyl sites for hydroxylation is 2. The van der Waals surface area contributed by atoms with E-state index >= 15 is 0 Å². The number of rotatable bonds is 7. The Balaban J connectivity index is 2.48. The second-order valence-electron chi connectivity index (χ2n) is 3.72. The van der Waals surface area contributed by atoms with Gasteiger partial charge in [-0.2, -0.15) is 5.10 Å². The van der Waals surface area contributed by atoms with Gasteiger partial charge in [-0.1, -0.05) is 0 Å². The van der Waals surface area contributed by atoms with Crippen LogP contribution in [0.2, 0.25) is 0 Å². The molecule has 1 unspecified atom stereocenters. The molecule has 0 aliphatic rings. The molecule has 0 saturated carbocycles. The van der Waals surface area contributed by atoms with Gasteiger partial charge in [0, 0.05) is 33.2 Å². The number of nitrogens with zero attached hydrogens (tertiary/aromatic N) is 2. The van der Waals surface area contributed by atoms with Gasteiger partial charge in [0.05, 0.1) is 6.04 Å². The van der Waals surface area contributed by atoms with Crippen molar-refractivity contribution in [1.29, 1.82) is 0 Å². The third-order valence-corrected chi connectivity index (χ3v) is 2.80. The van der Waals surface area contributed by atoms with E-state index in [1.165, 1.54) is 5.69 Å². The Morgan fingerprint density at radius 3 is 2.56 bits per heavy atom. The van der Waals surface area contributed by atoms with E-state index in [0.717, 1.165) is 12.8 Å². The quantitative estimate of drug-likeness (QED) is 0.691. The van der Waals surface area contributed by atoms with Crippen molar-refractivity contribution in [3.8, 4) is 0 Å². The van der Waals surface area contributed by atoms with E-state index in [-0.39, 0.29) is 12.3 Å². The summed E-state index contributed by atoms with van der Waals surface area (Å²) in [4.78, 5) is 0. The van der Waals surface area contributed by atoms with Crippen LogP contribution in [-0.2, 0) is 22.9 Å². The van der Waals surface area contributed by atoms with Gasteiger partial charge in [0.25, 0.3) is 0 Å². The van der Waals surface area contributed by atoms with Crippen LogP contribution in [0.4, 0.5) is 0 Å². The lowest BCUT2D eigenvalue weighted by Crippen LogP contribution is -2.40. The van der Waals surface area contributed by atoms with Crippen LogP contribution in [0.5, 0.6) is 0 Å². The number of hydrogen-bond acceptors (Lipinski definition) is 4. The van der Waals surface area contributed by atoms with E-state index in [0.29, 0.717) is 0 Å². The predicted octanol–water partition coefficient (Wildman–Crippen LogP) is 0.560. The maximum atomic E-state index is 5.25. The molecule has 5 nitrogen and oxygen atoms in total. The molecule has 1 rings (SSSR count). The highest BCUT2D eigenvalue weighted by atomic mass is 16.7. The zero-order chi connectivity index (χ0) is 12.0. The summed E-state index contributed by atoms with van der Waals surface area (Å²) in [7, 11) is 7.18. The molecule has 0 bridgehead atoms. The van der Waals surface area contributed by atoms with Gasteiger partial charge >= 0.3 is 0 Å². The minimum Gasteiger partial charge on any atom is -0.354 e. The summed E-state index contributed by atoms with van der Waals surface area (Å²) in [5, 5.41) is 7.35. The Kier molecular flexibility index (Phi) is 5.45. The highest BCUT2D eigenvalue weighted by molar-refractivity contribution is 5.00. The standard InChI is InChI=1S/C11H21N3O2/c1-12-10(11(15-3)16-4)6-5-9-7-8-13-14(9)2/h7-8,10-12H,5-6H2,1-4H3. The summed E-state index contributed by atoms with van der Waals surface area (Å²) in [6.45, 7) is 0. The minimum atomic E-state index is -0.210. The molecule has 0 aromatic carbocycles. The summed E-state index contributed by atoms with van der Waals surface area (Å²) in [6, 6.07) is 2.21. The van der Waals surface area contributed by atoms with Crippen LogP contribution in [0.1, 0.15) is 12.1 Å². The van der Waals surface area contributed by atoms with Gasteiger partial charge in [-0.05, 0) is 26.0 Å². The molecule has 5 heteroatoms. The first-order chi connectivity index (χ1) is 7.72. The summed E-state index contributed by atoms with van der Waals surface area (Å²) < 4.78 is 12.4. The molecule has 16 heavy (non-hydrogen) atoms. The topological polar surface area (TPSA) is 48.3 Å². The van der Waals surface area contributed by atoms with E-state index in [4.69, 9.17) is 9.47 Å². The summed E-state index contributed by atoms with van der Waals surface area (Å²) in [5.41, 5.74) is 1.21. The van der Waals surface area contributed by atoms with Crippen LogP contribution in [0, 0.1) is 0 Å². The van der Waals surface area contributed by atoms with Crippen molar-refractivity contribution in [1.82, 2.24) is 15.1 Å². The molecular weight excluding hydrogens is 206 g/mol. The highest BCUT2D eigenvalue weighted by Gasteiger charge is 2.19. The minimum absolute atomic E-state index is 0.185. The van der Waals surface area contributed by atoms with E-state index < -0.39 is 0 Å². The monoisotopic (exact) mass is 227 g/mol. The number of hydrogen-bond donors (Lipinski definition) is 1. The summed E-state index contributed by atoms with van der Waals surface area (Å²) in [6.07, 6.45) is 3.50. The highest BCUT2D eigenvalue weighted by Crippen LogP contribution is 2.09. The number of aromatic nitrogens is 2. The Labute approximate surface area is 96.7 Å². The molecule has 0 aliphatic heterocycles. The Morgan fingerprint density at radius 1 is 1.44 bits per heavy atom. The van der Waals surface area contributed by atoms with Gasteiger partial charge < -0.3 is 14.8 Å². The maximum Gasteiger partial charge on any atom is 0.171 e. The van der Waals surface area contributed by atoms with Crippen LogP contribution in [0.25, 0.3) is 0 Å². The third-order valence-electron chi connectivity index (χ3n) is 2.80. The smallest absolute Gasteiger partial charge is 0.171 e. The second-order valence-corrected chi connectivity index (χ2v) is 3.72. The fourth-order valence-corrected chi connectivity index (χ4v) is 1.79. The van der Waals surface area contributed by atoms with Crippen molar-refractivity contribution in [2.24, 2.45) is 7.05 Å². The van der Waals surface area contributed by atoms with E-state index in [1.54, 1.807) is 14.2 Å². The van der Waals surface area contributed by atoms with Crippen LogP contribution >= 0.6 is 0 Å². The largest absolute Gasteiger partial charge is 0.354 e. The van der Waals surface area contributed by atoms with Crippen molar-refractivity contribution in [2.45, 2.75) is 25.2 Å². The van der Waals surface area contributed by atoms with E-state index in [9.17, 15) is 0 Å². The first-order valence-corrected chi connectivity index (χ1v) is 5.42. The van der Waals surface area contributed by atoms with Crippen LogP contribution < -0.4 is 5.32 Å². The lowest BCUT2D eigenvalue weighted by molar-refractivity contribution is -0.122. The van der Waals surface area contributed by atoms with Gasteiger partial charge in [0.2, 0.25) is 0 Å². The van der Waals surface area contributed by atoms with Gasteiger partial charge in [-0.3, -0.25) is 4.68 Å². The molecule has 1 aromatic rings. The van der Waals surface area contributed by atoms with E-state index in [1.807, 2.05) is 31.0 Å². The van der Waals surface area contributed by atoms with Crippen LogP contribution in [-0.4, -0.2) is 43.4 Å². The van der Waals surface area contributed by atoms with Crippen molar-refractivity contribution in [3.63, 3.8) is 0 Å². The Hall–Kier alpha value is -0.910. The normalized spacial score (nSPS) is 13.3. The Morgan fingerprint density at radius 2 is 2.12 bits per heavy atom. The van der Waals surface area contributed by atoms with Gasteiger partial charge in [0.1, 0.15) is 0 Å². The molecule has 1 aromatic heterocycles. The molecule has 0 fully saturated rings. The van der Waals surface area contributed by atoms with Crippen LogP contribution in [0.3, 0.4) is 0 Å². The molecular formula is C11H21N3O2. The maximum absolute atomic E-state index is 5.25. The van der Waals surface area contributed by atoms with Crippen molar-refractivity contribution in [2.75, 3.05) is 21.3 Å². The first kappa shape index (κ1) is 13.2. The number of ether oxygens (including phenoxy) is 2. The van der Waals surface area contributed by atoms with Crippen molar-refractivity contribution in [3.05, 3.63) is 18.0 Å². The molecule has 0 radical (unpaired) electrons. The zero-order valence-corrected chi connectivity index (χ0v) is 10.4. The molecule has 1 N–H and O–H groups in total. The molecule has 0 amide bonds. The van der Waals surface area contributed by atoms with Crippen molar-refractivity contribution < 1.29 is 9.47 Å². The van der Waals surface area contributed by atoms with Gasteiger partial charge in [-0.15, -0.1) is 0 Å². The molecule has 1 atom stereocenters. The van der Waals surface area contributed by atoms with Crippen molar-refractivity contribution >= 4 is 0 Å². The number of methoxy groups -OCH3 is 2. The fourth-order valence-electron chi connectivity index (χ4n) is 1.79. The molecule has 0 aliphatic carbocycles. The number of nitrogens with one attached hydrogen (secondary N) is 1. The fraction of sp³-hybridized carbons (Fsp3) is 0.727. The Bertz CT molecular complexity index is 297. The number of likely N-dealkylation sites (N-methyl/N-ethyl adjacent to an activating group) is 1. The summed E-state index contributed by atoms with van der Waals surface area (Å²) in [5.74, 6) is 0. The van der Waals surface area contributed by atoms with E-state index in [2.05, 4.69) is 10.4 Å². The van der Waals surface area contributed by atoms with Crippen LogP contribution in [0.15, 0.2) is 12.3 Å². The molecule has 0 spiro atoms. The molecule has 0 saturated heterocycles.